The van der Waals surface area contributed by atoms with Crippen LogP contribution in [0, 0.1) is 0 Å². The second-order valence-electron chi connectivity index (χ2n) is 5.37. The van der Waals surface area contributed by atoms with E-state index in [1.54, 1.807) is 6.34 Å². The summed E-state index contributed by atoms with van der Waals surface area (Å²) in [4.78, 5) is 8.92. The number of hydrazine groups is 1. The van der Waals surface area contributed by atoms with Crippen LogP contribution in [0.4, 0.5) is 11.5 Å². The average molecular weight is 267 g/mol. The molecule has 1 aliphatic heterocycles. The summed E-state index contributed by atoms with van der Waals surface area (Å²) in [6, 6.07) is 6.65. The van der Waals surface area contributed by atoms with Crippen molar-refractivity contribution in [2.75, 3.05) is 5.43 Å². The maximum absolute atomic E-state index is 4.50. The van der Waals surface area contributed by atoms with Crippen molar-refractivity contribution < 1.29 is 0 Å². The molecule has 1 saturated carbocycles. The van der Waals surface area contributed by atoms with Crippen molar-refractivity contribution in [1.82, 2.24) is 15.0 Å². The SMILES string of the molecule is C1=Nc2c(c(Cc3ccccn3)cn2C2CCC2)NN1. The normalized spacial score (nSPS) is 17.0. The minimum absolute atomic E-state index is 0.610. The van der Waals surface area contributed by atoms with Gasteiger partial charge in [-0.2, -0.15) is 0 Å². The van der Waals surface area contributed by atoms with E-state index in [0.717, 1.165) is 23.6 Å². The van der Waals surface area contributed by atoms with Gasteiger partial charge < -0.3 is 4.57 Å². The molecule has 1 aliphatic carbocycles. The lowest BCUT2D eigenvalue weighted by Crippen LogP contribution is -2.23. The molecule has 2 aliphatic rings. The molecule has 4 rings (SSSR count). The van der Waals surface area contributed by atoms with Crippen molar-refractivity contribution in [1.29, 1.82) is 0 Å². The van der Waals surface area contributed by atoms with E-state index in [4.69, 9.17) is 0 Å². The first-order valence-electron chi connectivity index (χ1n) is 7.09. The summed E-state index contributed by atoms with van der Waals surface area (Å²) in [5, 5.41) is 0. The highest BCUT2D eigenvalue weighted by Crippen LogP contribution is 2.41. The quantitative estimate of drug-likeness (QED) is 0.899. The van der Waals surface area contributed by atoms with Crippen LogP contribution >= 0.6 is 0 Å². The van der Waals surface area contributed by atoms with Crippen LogP contribution in [0.3, 0.4) is 0 Å². The molecule has 2 aromatic heterocycles. The van der Waals surface area contributed by atoms with Crippen LogP contribution in [0.15, 0.2) is 35.6 Å². The van der Waals surface area contributed by atoms with E-state index in [0.29, 0.717) is 6.04 Å². The molecule has 5 nitrogen and oxygen atoms in total. The first-order chi connectivity index (χ1) is 9.92. The predicted molar refractivity (Wildman–Crippen MR) is 79.3 cm³/mol. The number of hydrogen-bond donors (Lipinski definition) is 2. The molecule has 0 bridgehead atoms. The molecule has 0 atom stereocenters. The molecule has 0 spiro atoms. The third-order valence-electron chi connectivity index (χ3n) is 4.10. The van der Waals surface area contributed by atoms with Gasteiger partial charge in [0.15, 0.2) is 5.82 Å². The van der Waals surface area contributed by atoms with E-state index in [1.807, 2.05) is 18.3 Å². The minimum Gasteiger partial charge on any atom is -0.328 e. The molecule has 2 aromatic rings. The van der Waals surface area contributed by atoms with Gasteiger partial charge in [0.05, 0.1) is 0 Å². The van der Waals surface area contributed by atoms with Crippen LogP contribution < -0.4 is 10.9 Å². The van der Waals surface area contributed by atoms with Crippen molar-refractivity contribution in [3.05, 3.63) is 41.9 Å². The van der Waals surface area contributed by atoms with Gasteiger partial charge in [0, 0.05) is 36.1 Å². The summed E-state index contributed by atoms with van der Waals surface area (Å²) in [6.45, 7) is 0. The number of hydrogen-bond acceptors (Lipinski definition) is 4. The average Bonchev–Trinajstić information content (AvgIpc) is 2.78. The van der Waals surface area contributed by atoms with Crippen LogP contribution in [0.25, 0.3) is 0 Å². The van der Waals surface area contributed by atoms with Crippen molar-refractivity contribution >= 4 is 17.8 Å². The Morgan fingerprint density at radius 3 is 3.00 bits per heavy atom. The van der Waals surface area contributed by atoms with Crippen LogP contribution in [0.5, 0.6) is 0 Å². The lowest BCUT2D eigenvalue weighted by atomic mass is 9.93. The molecule has 20 heavy (non-hydrogen) atoms. The van der Waals surface area contributed by atoms with E-state index in [2.05, 4.69) is 37.7 Å². The molecule has 0 aromatic carbocycles. The predicted octanol–water partition coefficient (Wildman–Crippen LogP) is 2.79. The Morgan fingerprint density at radius 2 is 2.25 bits per heavy atom. The van der Waals surface area contributed by atoms with Crippen molar-refractivity contribution in [3.63, 3.8) is 0 Å². The molecule has 5 heteroatoms. The molecule has 2 N–H and O–H groups in total. The highest BCUT2D eigenvalue weighted by molar-refractivity contribution is 5.78. The Bertz CT molecular complexity index is 640. The van der Waals surface area contributed by atoms with Gasteiger partial charge in [-0.25, -0.2) is 4.99 Å². The Hall–Kier alpha value is -2.30. The molecule has 0 amide bonds. The van der Waals surface area contributed by atoms with Gasteiger partial charge in [0.2, 0.25) is 0 Å². The number of anilines is 1. The second kappa shape index (κ2) is 4.67. The van der Waals surface area contributed by atoms with E-state index in [-0.39, 0.29) is 0 Å². The van der Waals surface area contributed by atoms with Gasteiger partial charge in [-0.3, -0.25) is 15.8 Å². The topological polar surface area (TPSA) is 54.2 Å². The molecule has 1 fully saturated rings. The monoisotopic (exact) mass is 267 g/mol. The number of fused-ring (bicyclic) bond motifs is 1. The number of aliphatic imine (C=N–C) groups is 1. The largest absolute Gasteiger partial charge is 0.328 e. The number of nitrogens with one attached hydrogen (secondary N) is 2. The Balaban J connectivity index is 1.72. The summed E-state index contributed by atoms with van der Waals surface area (Å²) in [6.07, 6.45) is 10.5. The lowest BCUT2D eigenvalue weighted by molar-refractivity contribution is 0.316. The summed E-state index contributed by atoms with van der Waals surface area (Å²) in [5.41, 5.74) is 9.62. The maximum atomic E-state index is 4.50. The minimum atomic E-state index is 0.610. The highest BCUT2D eigenvalue weighted by atomic mass is 15.4. The molecular weight excluding hydrogens is 250 g/mol. The van der Waals surface area contributed by atoms with E-state index in [9.17, 15) is 0 Å². The smallest absolute Gasteiger partial charge is 0.160 e. The van der Waals surface area contributed by atoms with E-state index < -0.39 is 0 Å². The number of nitrogens with zero attached hydrogens (tertiary/aromatic N) is 3. The van der Waals surface area contributed by atoms with Gasteiger partial charge in [0.1, 0.15) is 12.0 Å². The molecule has 0 radical (unpaired) electrons. The zero-order valence-electron chi connectivity index (χ0n) is 11.2. The van der Waals surface area contributed by atoms with Crippen LogP contribution in [-0.4, -0.2) is 15.9 Å². The Morgan fingerprint density at radius 1 is 1.30 bits per heavy atom. The highest BCUT2D eigenvalue weighted by Gasteiger charge is 2.26. The van der Waals surface area contributed by atoms with E-state index >= 15 is 0 Å². The van der Waals surface area contributed by atoms with Gasteiger partial charge in [-0.1, -0.05) is 6.07 Å². The zero-order chi connectivity index (χ0) is 13.4. The summed E-state index contributed by atoms with van der Waals surface area (Å²) >= 11 is 0. The van der Waals surface area contributed by atoms with Crippen LogP contribution in [-0.2, 0) is 6.42 Å². The van der Waals surface area contributed by atoms with Gasteiger partial charge in [-0.15, -0.1) is 0 Å². The molecule has 102 valence electrons. The van der Waals surface area contributed by atoms with Crippen LogP contribution in [0.1, 0.15) is 36.6 Å². The fraction of sp³-hybridized carbons (Fsp3) is 0.333. The summed E-state index contributed by atoms with van der Waals surface area (Å²) in [5.74, 6) is 1.04. The number of rotatable bonds is 3. The summed E-state index contributed by atoms with van der Waals surface area (Å²) in [7, 11) is 0. The maximum Gasteiger partial charge on any atom is 0.160 e. The standard InChI is InChI=1S/C15H17N5/c1-2-7-16-12(4-1)8-11-9-20(13-5-3-6-13)15-14(11)19-18-10-17-15/h1-2,4,7,9-10,13,19H,3,5-6,8H2,(H,17,18). The Labute approximate surface area is 117 Å². The third kappa shape index (κ3) is 1.86. The first kappa shape index (κ1) is 11.5. The van der Waals surface area contributed by atoms with E-state index in [1.165, 1.54) is 24.8 Å². The lowest BCUT2D eigenvalue weighted by Gasteiger charge is -2.28. The Kier molecular flexibility index (Phi) is 2.69. The van der Waals surface area contributed by atoms with Gasteiger partial charge in [-0.05, 0) is 31.4 Å². The zero-order valence-corrected chi connectivity index (χ0v) is 11.2. The number of aromatic nitrogens is 2. The fourth-order valence-corrected chi connectivity index (χ4v) is 2.81. The van der Waals surface area contributed by atoms with Gasteiger partial charge in [0.25, 0.3) is 0 Å². The van der Waals surface area contributed by atoms with Crippen LogP contribution in [0.2, 0.25) is 0 Å². The number of pyridine rings is 1. The molecular formula is C15H17N5. The first-order valence-corrected chi connectivity index (χ1v) is 7.09. The molecule has 0 saturated heterocycles. The van der Waals surface area contributed by atoms with Crippen molar-refractivity contribution in [2.45, 2.75) is 31.7 Å². The molecule has 3 heterocycles. The van der Waals surface area contributed by atoms with Gasteiger partial charge >= 0.3 is 0 Å². The second-order valence-corrected chi connectivity index (χ2v) is 5.37. The van der Waals surface area contributed by atoms with Crippen molar-refractivity contribution in [2.24, 2.45) is 4.99 Å². The third-order valence-corrected chi connectivity index (χ3v) is 4.10. The summed E-state index contributed by atoms with van der Waals surface area (Å²) < 4.78 is 2.32. The molecule has 0 unspecified atom stereocenters. The fourth-order valence-electron chi connectivity index (χ4n) is 2.81. The van der Waals surface area contributed by atoms with Crippen molar-refractivity contribution in [3.8, 4) is 0 Å².